The Morgan fingerprint density at radius 3 is 2.12 bits per heavy atom. The van der Waals surface area contributed by atoms with Gasteiger partial charge in [-0.3, -0.25) is 9.59 Å². The van der Waals surface area contributed by atoms with Crippen LogP contribution < -0.4 is 11.3 Å². The number of rotatable bonds is 4. The highest BCUT2D eigenvalue weighted by atomic mass is 16.4. The molecule has 0 fully saturated rings. The van der Waals surface area contributed by atoms with E-state index in [1.807, 2.05) is 4.98 Å². The highest BCUT2D eigenvalue weighted by Crippen LogP contribution is 2.32. The van der Waals surface area contributed by atoms with E-state index in [0.717, 1.165) is 0 Å². The number of aromatic carboxylic acids is 2. The minimum Gasteiger partial charge on any atom is -0.478 e. The van der Waals surface area contributed by atoms with Crippen LogP contribution in [-0.2, 0) is 0 Å². The van der Waals surface area contributed by atoms with Gasteiger partial charge >= 0.3 is 11.9 Å². The third kappa shape index (κ3) is 3.07. The van der Waals surface area contributed by atoms with E-state index < -0.39 is 45.9 Å². The van der Waals surface area contributed by atoms with Crippen molar-refractivity contribution in [2.24, 2.45) is 0 Å². The van der Waals surface area contributed by atoms with Gasteiger partial charge < -0.3 is 25.8 Å². The Morgan fingerprint density at radius 1 is 1.04 bits per heavy atom. The lowest BCUT2D eigenvalue weighted by atomic mass is 9.91. The summed E-state index contributed by atoms with van der Waals surface area (Å²) in [6.07, 6.45) is 0. The summed E-state index contributed by atoms with van der Waals surface area (Å²) in [4.78, 5) is 50.9. The van der Waals surface area contributed by atoms with Crippen molar-refractivity contribution in [1.82, 2.24) is 9.88 Å². The highest BCUT2D eigenvalue weighted by molar-refractivity contribution is 6.11. The summed E-state index contributed by atoms with van der Waals surface area (Å²) < 4.78 is 0. The topological polar surface area (TPSA) is 154 Å². The molecule has 0 aliphatic heterocycles. The molecule has 0 spiro atoms. The number of aromatic amines is 1. The number of hydrogen-bond acceptors (Lipinski definition) is 5. The van der Waals surface area contributed by atoms with E-state index in [9.17, 15) is 29.4 Å². The Labute approximate surface area is 141 Å². The third-order valence-corrected chi connectivity index (χ3v) is 3.51. The van der Waals surface area contributed by atoms with Crippen molar-refractivity contribution in [1.29, 1.82) is 0 Å². The van der Waals surface area contributed by atoms with E-state index in [0.29, 0.717) is 0 Å². The van der Waals surface area contributed by atoms with Gasteiger partial charge in [-0.1, -0.05) is 18.2 Å². The van der Waals surface area contributed by atoms with E-state index in [2.05, 4.69) is 0 Å². The Hall–Kier alpha value is -3.62. The molecule has 25 heavy (non-hydrogen) atoms. The van der Waals surface area contributed by atoms with Crippen LogP contribution in [0.4, 0.5) is 5.82 Å². The molecule has 0 saturated carbocycles. The molecule has 2 aromatic rings. The Balaban J connectivity index is 3.03. The molecule has 9 heteroatoms. The van der Waals surface area contributed by atoms with Crippen LogP contribution in [0.25, 0.3) is 11.1 Å². The predicted molar refractivity (Wildman–Crippen MR) is 88.8 cm³/mol. The zero-order chi connectivity index (χ0) is 18.9. The van der Waals surface area contributed by atoms with Crippen molar-refractivity contribution in [3.63, 3.8) is 0 Å². The molecule has 2 rings (SSSR count). The molecule has 1 heterocycles. The number of carboxylic acid groups (broad SMARTS) is 2. The van der Waals surface area contributed by atoms with Gasteiger partial charge in [-0.25, -0.2) is 9.59 Å². The minimum absolute atomic E-state index is 0.00574. The summed E-state index contributed by atoms with van der Waals surface area (Å²) in [7, 11) is 2.98. The van der Waals surface area contributed by atoms with Crippen LogP contribution in [0.15, 0.2) is 29.1 Å². The average molecular weight is 345 g/mol. The smallest absolute Gasteiger partial charge is 0.342 e. The molecule has 0 aliphatic carbocycles. The molecule has 0 aliphatic rings. The van der Waals surface area contributed by atoms with E-state index in [1.54, 1.807) is 0 Å². The number of pyridine rings is 1. The number of nitrogens with two attached hydrogens (primary N) is 1. The van der Waals surface area contributed by atoms with Gasteiger partial charge in [0.05, 0.1) is 0 Å². The van der Waals surface area contributed by atoms with E-state index in [1.165, 1.54) is 43.3 Å². The number of carbonyl (C=O) groups is 3. The number of hydrogen-bond donors (Lipinski definition) is 4. The molecule has 5 N–H and O–H groups in total. The number of carboxylic acids is 2. The predicted octanol–water partition coefficient (Wildman–Crippen LogP) is 0.722. The molecule has 0 atom stereocenters. The van der Waals surface area contributed by atoms with E-state index >= 15 is 0 Å². The van der Waals surface area contributed by atoms with Gasteiger partial charge in [-0.15, -0.1) is 0 Å². The molecule has 0 bridgehead atoms. The van der Waals surface area contributed by atoms with Crippen LogP contribution in [0.1, 0.15) is 31.1 Å². The maximum Gasteiger partial charge on any atom is 0.342 e. The zero-order valence-electron chi connectivity index (χ0n) is 13.4. The molecule has 130 valence electrons. The molecule has 0 unspecified atom stereocenters. The lowest BCUT2D eigenvalue weighted by Gasteiger charge is -2.17. The number of carbonyl (C=O) groups excluding carboxylic acids is 1. The number of benzene rings is 1. The summed E-state index contributed by atoms with van der Waals surface area (Å²) in [5.41, 5.74) is 2.77. The van der Waals surface area contributed by atoms with Crippen LogP contribution in [0.3, 0.4) is 0 Å². The lowest BCUT2D eigenvalue weighted by molar-refractivity contribution is 0.0695. The SMILES string of the molecule is CN(C)C(=O)c1ccccc1-c1c(C(=O)O)c(N)[nH]c(=O)c1C(=O)O. The highest BCUT2D eigenvalue weighted by Gasteiger charge is 2.29. The third-order valence-electron chi connectivity index (χ3n) is 3.51. The number of H-pyrrole nitrogens is 1. The van der Waals surface area contributed by atoms with Crippen molar-refractivity contribution in [3.8, 4) is 11.1 Å². The normalized spacial score (nSPS) is 10.3. The fourth-order valence-corrected chi connectivity index (χ4v) is 2.44. The van der Waals surface area contributed by atoms with Gasteiger partial charge in [0.2, 0.25) is 0 Å². The molecule has 1 aromatic carbocycles. The zero-order valence-corrected chi connectivity index (χ0v) is 13.4. The number of amides is 1. The van der Waals surface area contributed by atoms with Crippen molar-refractivity contribution < 1.29 is 24.6 Å². The molecule has 0 radical (unpaired) electrons. The number of anilines is 1. The number of nitrogen functional groups attached to an aromatic ring is 1. The quantitative estimate of drug-likeness (QED) is 0.636. The maximum absolute atomic E-state index is 12.4. The Morgan fingerprint density at radius 2 is 1.60 bits per heavy atom. The summed E-state index contributed by atoms with van der Waals surface area (Å²) in [5, 5.41) is 18.8. The van der Waals surface area contributed by atoms with E-state index in [-0.39, 0.29) is 11.1 Å². The van der Waals surface area contributed by atoms with Crippen molar-refractivity contribution in [2.45, 2.75) is 0 Å². The van der Waals surface area contributed by atoms with Crippen LogP contribution in [-0.4, -0.2) is 52.0 Å². The second kappa shape index (κ2) is 6.48. The fraction of sp³-hybridized carbons (Fsp3) is 0.125. The molecule has 9 nitrogen and oxygen atoms in total. The number of nitrogens with zero attached hydrogens (tertiary/aromatic N) is 1. The summed E-state index contributed by atoms with van der Waals surface area (Å²) in [6.45, 7) is 0. The van der Waals surface area contributed by atoms with E-state index in [4.69, 9.17) is 5.73 Å². The lowest BCUT2D eigenvalue weighted by Crippen LogP contribution is -2.26. The standard InChI is InChI=1S/C16H15N3O6/c1-19(2)14(21)8-6-4-3-5-7(8)9-10(15(22)23)12(17)18-13(20)11(9)16(24)25/h3-6H,1-2H3,(H,22,23)(H,24,25)(H3,17,18,20). The fourth-order valence-electron chi connectivity index (χ4n) is 2.44. The van der Waals surface area contributed by atoms with Gasteiger partial charge in [0.15, 0.2) is 0 Å². The van der Waals surface area contributed by atoms with Crippen molar-refractivity contribution in [3.05, 3.63) is 51.3 Å². The van der Waals surface area contributed by atoms with Gasteiger partial charge in [-0.2, -0.15) is 0 Å². The van der Waals surface area contributed by atoms with Crippen LogP contribution in [0, 0.1) is 0 Å². The molecule has 1 amide bonds. The summed E-state index contributed by atoms with van der Waals surface area (Å²) >= 11 is 0. The number of aromatic nitrogens is 1. The molecular formula is C16H15N3O6. The Kier molecular flexibility index (Phi) is 4.59. The van der Waals surface area contributed by atoms with Crippen LogP contribution in [0.2, 0.25) is 0 Å². The average Bonchev–Trinajstić information content (AvgIpc) is 2.52. The second-order valence-electron chi connectivity index (χ2n) is 5.35. The first-order valence-electron chi connectivity index (χ1n) is 7.00. The minimum atomic E-state index is -1.63. The first-order valence-corrected chi connectivity index (χ1v) is 7.00. The summed E-state index contributed by atoms with van der Waals surface area (Å²) in [5.74, 6) is -4.14. The van der Waals surface area contributed by atoms with Crippen molar-refractivity contribution in [2.75, 3.05) is 19.8 Å². The van der Waals surface area contributed by atoms with Crippen LogP contribution >= 0.6 is 0 Å². The van der Waals surface area contributed by atoms with Gasteiger partial charge in [0.1, 0.15) is 16.9 Å². The number of nitrogens with one attached hydrogen (secondary N) is 1. The van der Waals surface area contributed by atoms with Crippen molar-refractivity contribution >= 4 is 23.7 Å². The first kappa shape index (κ1) is 17.7. The molecular weight excluding hydrogens is 330 g/mol. The Bertz CT molecular complexity index is 945. The van der Waals surface area contributed by atoms with Gasteiger partial charge in [-0.05, 0) is 11.6 Å². The monoisotopic (exact) mass is 345 g/mol. The maximum atomic E-state index is 12.4. The van der Waals surface area contributed by atoms with Crippen LogP contribution in [0.5, 0.6) is 0 Å². The van der Waals surface area contributed by atoms with Gasteiger partial charge in [0, 0.05) is 25.2 Å². The largest absolute Gasteiger partial charge is 0.478 e. The first-order chi connectivity index (χ1) is 11.7. The molecule has 1 aromatic heterocycles. The van der Waals surface area contributed by atoms with Gasteiger partial charge in [0.25, 0.3) is 11.5 Å². The second-order valence-corrected chi connectivity index (χ2v) is 5.35. The summed E-state index contributed by atoms with van der Waals surface area (Å²) in [6, 6.07) is 5.81. The molecule has 0 saturated heterocycles.